The van der Waals surface area contributed by atoms with Gasteiger partial charge in [-0.25, -0.2) is 9.59 Å². The quantitative estimate of drug-likeness (QED) is 0.193. The molecule has 0 bridgehead atoms. The molecule has 0 aromatic heterocycles. The first-order valence-corrected chi connectivity index (χ1v) is 16.8. The number of aliphatic carboxylic acids is 1. The van der Waals surface area contributed by atoms with E-state index in [9.17, 15) is 24.3 Å². The minimum atomic E-state index is -1.16. The molecule has 278 valence electrons. The van der Waals surface area contributed by atoms with Gasteiger partial charge in [-0.05, 0) is 38.7 Å². The van der Waals surface area contributed by atoms with Gasteiger partial charge in [0, 0.05) is 20.0 Å². The number of ether oxygens (including phenoxy) is 6. The summed E-state index contributed by atoms with van der Waals surface area (Å²) in [7, 11) is 1.44. The molecule has 0 radical (unpaired) electrons. The second kappa shape index (κ2) is 20.4. The van der Waals surface area contributed by atoms with E-state index in [0.717, 1.165) is 10.5 Å². The molecule has 1 heterocycles. The van der Waals surface area contributed by atoms with E-state index in [1.54, 1.807) is 41.5 Å². The van der Waals surface area contributed by atoms with Gasteiger partial charge in [0.1, 0.15) is 23.7 Å². The van der Waals surface area contributed by atoms with Crippen LogP contribution < -0.4 is 5.32 Å². The van der Waals surface area contributed by atoms with Crippen LogP contribution in [0.25, 0.3) is 0 Å². The number of carboxylic acid groups (broad SMARTS) is 1. The molecule has 1 aromatic carbocycles. The van der Waals surface area contributed by atoms with Gasteiger partial charge in [-0.15, -0.1) is 0 Å². The molecule has 1 aliphatic heterocycles. The fourth-order valence-electron chi connectivity index (χ4n) is 4.84. The molecule has 1 aliphatic rings. The summed E-state index contributed by atoms with van der Waals surface area (Å²) in [4.78, 5) is 54.0. The summed E-state index contributed by atoms with van der Waals surface area (Å²) in [6.07, 6.45) is -1.10. The Morgan fingerprint density at radius 1 is 0.878 bits per heavy atom. The number of carboxylic acids is 1. The lowest BCUT2D eigenvalue weighted by Crippen LogP contribution is -2.59. The molecule has 1 aromatic rings. The summed E-state index contributed by atoms with van der Waals surface area (Å²) < 4.78 is 33.4. The van der Waals surface area contributed by atoms with Gasteiger partial charge in [0.2, 0.25) is 11.8 Å². The van der Waals surface area contributed by atoms with E-state index in [2.05, 4.69) is 5.32 Å². The maximum atomic E-state index is 13.8. The van der Waals surface area contributed by atoms with E-state index in [0.29, 0.717) is 46.2 Å². The number of likely N-dealkylation sites (N-methyl/N-ethyl adjacent to an activating group) is 1. The van der Waals surface area contributed by atoms with Crippen molar-refractivity contribution in [3.8, 4) is 0 Å². The largest absolute Gasteiger partial charge is 0.480 e. The number of nitrogens with zero attached hydrogens (tertiary/aromatic N) is 2. The first-order valence-electron chi connectivity index (χ1n) is 16.8. The van der Waals surface area contributed by atoms with Crippen LogP contribution in [0.15, 0.2) is 30.3 Å². The summed E-state index contributed by atoms with van der Waals surface area (Å²) in [6, 6.07) is 6.80. The average molecular weight is 696 g/mol. The average Bonchev–Trinajstić information content (AvgIpc) is 3.46. The Bertz CT molecular complexity index is 1170. The maximum absolute atomic E-state index is 13.8. The first kappa shape index (κ1) is 41.9. The molecule has 1 saturated heterocycles. The number of carbonyl (C=O) groups is 4. The fraction of sp³-hybridized carbons (Fsp3) is 0.714. The number of benzene rings is 1. The van der Waals surface area contributed by atoms with Crippen molar-refractivity contribution >= 4 is 23.9 Å². The van der Waals surface area contributed by atoms with Crippen LogP contribution in [0.1, 0.15) is 60.5 Å². The number of hydrogen-bond donors (Lipinski definition) is 2. The highest BCUT2D eigenvalue weighted by Crippen LogP contribution is 2.27. The summed E-state index contributed by atoms with van der Waals surface area (Å²) >= 11 is 0. The molecule has 3 amide bonds. The Hall–Kier alpha value is -3.30. The van der Waals surface area contributed by atoms with Crippen molar-refractivity contribution in [3.05, 3.63) is 35.9 Å². The Balaban J connectivity index is 1.72. The topological polar surface area (TPSA) is 162 Å². The first-order chi connectivity index (χ1) is 23.0. The van der Waals surface area contributed by atoms with E-state index in [1.807, 2.05) is 30.3 Å². The van der Waals surface area contributed by atoms with Gasteiger partial charge in [-0.1, -0.05) is 51.1 Å². The van der Waals surface area contributed by atoms with Gasteiger partial charge in [0.25, 0.3) is 0 Å². The fourth-order valence-corrected chi connectivity index (χ4v) is 4.84. The van der Waals surface area contributed by atoms with Crippen LogP contribution in [0, 0.1) is 5.41 Å². The van der Waals surface area contributed by atoms with Crippen molar-refractivity contribution in [2.45, 2.75) is 91.3 Å². The molecule has 49 heavy (non-hydrogen) atoms. The van der Waals surface area contributed by atoms with Gasteiger partial charge in [0.05, 0.1) is 65.6 Å². The zero-order valence-corrected chi connectivity index (χ0v) is 30.4. The van der Waals surface area contributed by atoms with Crippen LogP contribution in [-0.2, 0) is 49.4 Å². The second-order valence-electron chi connectivity index (χ2n) is 14.0. The lowest BCUT2D eigenvalue weighted by Gasteiger charge is -2.36. The van der Waals surface area contributed by atoms with Crippen molar-refractivity contribution in [1.82, 2.24) is 15.1 Å². The van der Waals surface area contributed by atoms with Gasteiger partial charge in [-0.2, -0.15) is 0 Å². The molecule has 2 rings (SSSR count). The number of carbonyl (C=O) groups excluding carboxylic acids is 3. The Morgan fingerprint density at radius 3 is 1.92 bits per heavy atom. The van der Waals surface area contributed by atoms with Crippen LogP contribution in [0.4, 0.5) is 4.79 Å². The van der Waals surface area contributed by atoms with E-state index < -0.39 is 59.1 Å². The van der Waals surface area contributed by atoms with Crippen LogP contribution >= 0.6 is 0 Å². The predicted octanol–water partition coefficient (Wildman–Crippen LogP) is 3.11. The van der Waals surface area contributed by atoms with Gasteiger partial charge in [0.15, 0.2) is 0 Å². The van der Waals surface area contributed by atoms with Gasteiger partial charge >= 0.3 is 12.1 Å². The number of likely N-dealkylation sites (tertiary alicyclic amines) is 1. The molecular weight excluding hydrogens is 638 g/mol. The highest BCUT2D eigenvalue weighted by atomic mass is 16.6. The Labute approximate surface area is 290 Å². The highest BCUT2D eigenvalue weighted by molar-refractivity contribution is 5.93. The van der Waals surface area contributed by atoms with Crippen LogP contribution in [0.2, 0.25) is 0 Å². The molecular formula is C35H57N3O11. The molecule has 1 fully saturated rings. The Kier molecular flexibility index (Phi) is 17.4. The standard InChI is InChI=1S/C35H57N3O11/c1-25(37(8)33(43)49-35(5,6)7)30(39)36-29(34(2,3)4)31(40)38-23-27(22-28(38)32(41)42)48-21-20-46-17-16-44-14-15-45-18-19-47-24-26-12-10-9-11-13-26/h9-13,25,27-29H,14-24H2,1-8H3,(H,36,39)(H,41,42)/t25?,27-,28-,29?/m0/s1. The lowest BCUT2D eigenvalue weighted by molar-refractivity contribution is -0.151. The summed E-state index contributed by atoms with van der Waals surface area (Å²) in [5.41, 5.74) is -0.397. The van der Waals surface area contributed by atoms with Crippen LogP contribution in [0.5, 0.6) is 0 Å². The van der Waals surface area contributed by atoms with Crippen LogP contribution in [-0.4, -0.2) is 135 Å². The van der Waals surface area contributed by atoms with Crippen molar-refractivity contribution in [2.75, 3.05) is 66.4 Å². The van der Waals surface area contributed by atoms with E-state index in [1.165, 1.54) is 18.9 Å². The third-order valence-corrected chi connectivity index (χ3v) is 7.68. The van der Waals surface area contributed by atoms with Crippen LogP contribution in [0.3, 0.4) is 0 Å². The molecule has 0 aliphatic carbocycles. The normalized spacial score (nSPS) is 17.8. The zero-order chi connectivity index (χ0) is 36.6. The smallest absolute Gasteiger partial charge is 0.410 e. The van der Waals surface area contributed by atoms with Crippen molar-refractivity contribution < 1.29 is 52.7 Å². The van der Waals surface area contributed by atoms with Gasteiger partial charge < -0.3 is 43.7 Å². The Morgan fingerprint density at radius 2 is 1.41 bits per heavy atom. The molecule has 2 N–H and O–H groups in total. The van der Waals surface area contributed by atoms with Crippen molar-refractivity contribution in [2.24, 2.45) is 5.41 Å². The molecule has 4 atom stereocenters. The highest BCUT2D eigenvalue weighted by Gasteiger charge is 2.45. The minimum Gasteiger partial charge on any atom is -0.480 e. The van der Waals surface area contributed by atoms with Gasteiger partial charge in [-0.3, -0.25) is 14.5 Å². The predicted molar refractivity (Wildman–Crippen MR) is 181 cm³/mol. The number of amides is 3. The van der Waals surface area contributed by atoms with E-state index in [4.69, 9.17) is 28.4 Å². The summed E-state index contributed by atoms with van der Waals surface area (Å²) in [6.45, 7) is 15.7. The molecule has 0 spiro atoms. The van der Waals surface area contributed by atoms with Crippen molar-refractivity contribution in [3.63, 3.8) is 0 Å². The van der Waals surface area contributed by atoms with E-state index in [-0.39, 0.29) is 26.2 Å². The number of rotatable bonds is 20. The molecule has 14 heteroatoms. The molecule has 2 unspecified atom stereocenters. The van der Waals surface area contributed by atoms with Crippen molar-refractivity contribution in [1.29, 1.82) is 0 Å². The number of hydrogen-bond acceptors (Lipinski definition) is 10. The monoisotopic (exact) mass is 695 g/mol. The lowest BCUT2D eigenvalue weighted by atomic mass is 9.85. The zero-order valence-electron chi connectivity index (χ0n) is 30.4. The third kappa shape index (κ3) is 15.4. The second-order valence-corrected chi connectivity index (χ2v) is 14.0. The summed E-state index contributed by atoms with van der Waals surface area (Å²) in [5, 5.41) is 12.7. The SMILES string of the molecule is CC(C(=O)NC(C(=O)N1C[C@@H](OCCOCCOCCOCCOCc2ccccc2)C[C@H]1C(=O)O)C(C)(C)C)N(C)C(=O)OC(C)(C)C. The molecule has 0 saturated carbocycles. The number of nitrogens with one attached hydrogen (secondary N) is 1. The summed E-state index contributed by atoms with van der Waals surface area (Å²) in [5.74, 6) is -2.27. The third-order valence-electron chi connectivity index (χ3n) is 7.68. The minimum absolute atomic E-state index is 0.0476. The molecule has 14 nitrogen and oxygen atoms in total. The van der Waals surface area contributed by atoms with E-state index >= 15 is 0 Å². The maximum Gasteiger partial charge on any atom is 0.410 e.